The number of aliphatic hydroxyl groups excluding tert-OH is 1. The Morgan fingerprint density at radius 1 is 1.42 bits per heavy atom. The van der Waals surface area contributed by atoms with Gasteiger partial charge in [0, 0.05) is 0 Å². The molecule has 0 heterocycles. The number of benzene rings is 1. The number of hydrogen-bond donors (Lipinski definition) is 1. The summed E-state index contributed by atoms with van der Waals surface area (Å²) in [6.45, 7) is 3.68. The predicted octanol–water partition coefficient (Wildman–Crippen LogP) is 0.0340. The SMILES string of the molecule is Cc1ccc(Br)c([C-](C)O)c1.[Rb+]. The third-order valence-corrected chi connectivity index (χ3v) is 2.20. The van der Waals surface area contributed by atoms with Crippen LogP contribution in [0.4, 0.5) is 0 Å². The molecule has 0 saturated heterocycles. The first kappa shape index (κ1) is 13.3. The summed E-state index contributed by atoms with van der Waals surface area (Å²) in [4.78, 5) is 0. The molecule has 0 amide bonds. The Morgan fingerprint density at radius 2 is 2.00 bits per heavy atom. The van der Waals surface area contributed by atoms with Gasteiger partial charge in [-0.1, -0.05) is 30.5 Å². The van der Waals surface area contributed by atoms with E-state index in [9.17, 15) is 5.11 Å². The largest absolute Gasteiger partial charge is 1.00 e. The number of rotatable bonds is 1. The average molecular weight is 300 g/mol. The molecule has 0 aliphatic heterocycles. The zero-order chi connectivity index (χ0) is 8.43. The van der Waals surface area contributed by atoms with Gasteiger partial charge in [0.1, 0.15) is 0 Å². The molecule has 0 aliphatic rings. The van der Waals surface area contributed by atoms with E-state index in [0.29, 0.717) is 6.10 Å². The van der Waals surface area contributed by atoms with Gasteiger partial charge in [-0.3, -0.25) is 0 Å². The van der Waals surface area contributed by atoms with Crippen molar-refractivity contribution in [3.8, 4) is 0 Å². The van der Waals surface area contributed by atoms with Crippen molar-refractivity contribution in [2.75, 3.05) is 0 Å². The standard InChI is InChI=1S/C9H10BrO.Rb/c1-6-3-4-9(10)8(5-6)7(2)11;/h3-5,11H,1-2H3;/q-1;+1. The first-order valence-corrected chi connectivity index (χ1v) is 4.19. The van der Waals surface area contributed by atoms with Crippen LogP contribution in [-0.4, -0.2) is 5.11 Å². The zero-order valence-corrected chi connectivity index (χ0v) is 14.1. The molecule has 60 valence electrons. The first-order valence-electron chi connectivity index (χ1n) is 3.40. The monoisotopic (exact) mass is 298 g/mol. The van der Waals surface area contributed by atoms with Gasteiger partial charge >= 0.3 is 58.2 Å². The summed E-state index contributed by atoms with van der Waals surface area (Å²) in [6.07, 6.45) is 0.348. The summed E-state index contributed by atoms with van der Waals surface area (Å²) < 4.78 is 0.933. The van der Waals surface area contributed by atoms with Crippen LogP contribution in [-0.2, 0) is 0 Å². The van der Waals surface area contributed by atoms with Gasteiger partial charge in [-0.05, 0) is 0 Å². The Kier molecular flexibility index (Phi) is 6.60. The molecule has 1 rings (SSSR count). The van der Waals surface area contributed by atoms with Gasteiger partial charge < -0.3 is 5.11 Å². The van der Waals surface area contributed by atoms with Gasteiger partial charge in [-0.2, -0.15) is 6.07 Å². The van der Waals surface area contributed by atoms with Gasteiger partial charge in [0.2, 0.25) is 0 Å². The molecule has 0 unspecified atom stereocenters. The van der Waals surface area contributed by atoms with Crippen molar-refractivity contribution in [3.63, 3.8) is 0 Å². The van der Waals surface area contributed by atoms with Crippen molar-refractivity contribution in [2.24, 2.45) is 0 Å². The van der Waals surface area contributed by atoms with E-state index < -0.39 is 0 Å². The molecule has 1 aromatic rings. The van der Waals surface area contributed by atoms with Crippen LogP contribution in [0.15, 0.2) is 22.7 Å². The number of hydrogen-bond acceptors (Lipinski definition) is 1. The number of halogens is 1. The Hall–Kier alpha value is 1.34. The summed E-state index contributed by atoms with van der Waals surface area (Å²) in [7, 11) is 0. The molecule has 0 aliphatic carbocycles. The molecule has 0 spiro atoms. The van der Waals surface area contributed by atoms with E-state index >= 15 is 0 Å². The number of aryl methyl sites for hydroxylation is 1. The van der Waals surface area contributed by atoms with Crippen molar-refractivity contribution in [1.29, 1.82) is 0 Å². The maximum atomic E-state index is 9.22. The summed E-state index contributed by atoms with van der Waals surface area (Å²) >= 11 is 3.35. The molecular formula is C9H10BrORb. The molecule has 1 nitrogen and oxygen atoms in total. The van der Waals surface area contributed by atoms with Crippen LogP contribution in [0.5, 0.6) is 0 Å². The molecular weight excluding hydrogens is 289 g/mol. The Bertz CT molecular complexity index is 261. The van der Waals surface area contributed by atoms with Gasteiger partial charge in [0.15, 0.2) is 0 Å². The minimum Gasteiger partial charge on any atom is -0.426 e. The van der Waals surface area contributed by atoms with Gasteiger partial charge in [0.05, 0.1) is 0 Å². The molecule has 1 aromatic carbocycles. The quantitative estimate of drug-likeness (QED) is 0.726. The predicted molar refractivity (Wildman–Crippen MR) is 48.8 cm³/mol. The first-order chi connectivity index (χ1) is 5.11. The average Bonchev–Trinajstić information content (AvgIpc) is 1.94. The minimum absolute atomic E-state index is 0. The zero-order valence-electron chi connectivity index (χ0n) is 7.56. The fraction of sp³-hybridized carbons (Fsp3) is 0.222. The van der Waals surface area contributed by atoms with Crippen LogP contribution in [0, 0.1) is 13.0 Å². The molecule has 3 heteroatoms. The minimum atomic E-state index is 0. The van der Waals surface area contributed by atoms with E-state index in [1.165, 1.54) is 0 Å². The maximum absolute atomic E-state index is 9.22. The van der Waals surface area contributed by atoms with E-state index in [4.69, 9.17) is 0 Å². The Morgan fingerprint density at radius 3 is 2.42 bits per heavy atom. The van der Waals surface area contributed by atoms with E-state index in [-0.39, 0.29) is 58.2 Å². The van der Waals surface area contributed by atoms with Gasteiger partial charge in [-0.25, -0.2) is 0 Å². The summed E-state index contributed by atoms with van der Waals surface area (Å²) in [6, 6.07) is 5.88. The molecule has 0 radical (unpaired) electrons. The number of aliphatic hydroxyl groups is 1. The Balaban J connectivity index is 0.00000121. The second-order valence-electron chi connectivity index (χ2n) is 2.57. The summed E-state index contributed by atoms with van der Waals surface area (Å²) in [5.41, 5.74) is 2.02. The van der Waals surface area contributed by atoms with Gasteiger partial charge in [-0.15, -0.1) is 33.1 Å². The van der Waals surface area contributed by atoms with E-state index in [0.717, 1.165) is 15.6 Å². The summed E-state index contributed by atoms with van der Waals surface area (Å²) in [5.74, 6) is 0. The van der Waals surface area contributed by atoms with Crippen molar-refractivity contribution in [1.82, 2.24) is 0 Å². The van der Waals surface area contributed by atoms with Crippen molar-refractivity contribution < 1.29 is 63.3 Å². The van der Waals surface area contributed by atoms with Crippen molar-refractivity contribution >= 4 is 15.9 Å². The maximum Gasteiger partial charge on any atom is 1.00 e. The fourth-order valence-corrected chi connectivity index (χ4v) is 1.45. The normalized spacial score (nSPS) is 9.00. The summed E-state index contributed by atoms with van der Waals surface area (Å²) in [5, 5.41) is 9.22. The molecule has 0 saturated carbocycles. The molecule has 0 aromatic heterocycles. The smallest absolute Gasteiger partial charge is 0.426 e. The van der Waals surface area contributed by atoms with E-state index in [1.807, 2.05) is 25.1 Å². The van der Waals surface area contributed by atoms with Crippen LogP contribution in [0.3, 0.4) is 0 Å². The van der Waals surface area contributed by atoms with E-state index in [1.54, 1.807) is 6.92 Å². The van der Waals surface area contributed by atoms with Crippen LogP contribution in [0.2, 0.25) is 0 Å². The van der Waals surface area contributed by atoms with Crippen LogP contribution in [0.25, 0.3) is 0 Å². The van der Waals surface area contributed by atoms with Crippen LogP contribution in [0.1, 0.15) is 18.1 Å². The Labute approximate surface area is 130 Å². The van der Waals surface area contributed by atoms with Crippen molar-refractivity contribution in [2.45, 2.75) is 13.8 Å². The molecule has 0 fully saturated rings. The van der Waals surface area contributed by atoms with E-state index in [2.05, 4.69) is 15.9 Å². The molecule has 12 heavy (non-hydrogen) atoms. The third-order valence-electron chi connectivity index (χ3n) is 1.51. The molecule has 0 bridgehead atoms. The molecule has 0 atom stereocenters. The van der Waals surface area contributed by atoms with Crippen LogP contribution < -0.4 is 58.2 Å². The van der Waals surface area contributed by atoms with Crippen LogP contribution >= 0.6 is 15.9 Å². The third kappa shape index (κ3) is 3.60. The molecule has 1 N–H and O–H groups in total. The topological polar surface area (TPSA) is 20.2 Å². The fourth-order valence-electron chi connectivity index (χ4n) is 0.916. The van der Waals surface area contributed by atoms with Crippen molar-refractivity contribution in [3.05, 3.63) is 39.9 Å². The second-order valence-corrected chi connectivity index (χ2v) is 3.42. The van der Waals surface area contributed by atoms with Gasteiger partial charge in [0.25, 0.3) is 0 Å². The second kappa shape index (κ2) is 5.94.